The normalized spacial score (nSPS) is 19.7. The first-order valence-corrected chi connectivity index (χ1v) is 18.5. The predicted molar refractivity (Wildman–Crippen MR) is 183 cm³/mol. The summed E-state index contributed by atoms with van der Waals surface area (Å²) in [6, 6.07) is 0. The highest BCUT2D eigenvalue weighted by Crippen LogP contribution is 2.40. The average Bonchev–Trinajstić information content (AvgIpc) is 3.81. The van der Waals surface area contributed by atoms with E-state index in [-0.39, 0.29) is 12.5 Å². The van der Waals surface area contributed by atoms with Crippen molar-refractivity contribution in [2.45, 2.75) is 123 Å². The molecule has 3 aliphatic rings. The topological polar surface area (TPSA) is 118 Å². The van der Waals surface area contributed by atoms with Gasteiger partial charge in [0.25, 0.3) is 0 Å². The lowest BCUT2D eigenvalue weighted by atomic mass is 9.77. The van der Waals surface area contributed by atoms with E-state index in [0.717, 1.165) is 62.8 Å². The number of aryl methyl sites for hydroxylation is 1. The average molecular weight is 670 g/mol. The van der Waals surface area contributed by atoms with Gasteiger partial charge in [0.05, 0.1) is 13.1 Å². The number of piperidine rings is 1. The van der Waals surface area contributed by atoms with Crippen LogP contribution in [0.15, 0.2) is 24.8 Å². The number of aromatic nitrogens is 4. The van der Waals surface area contributed by atoms with Crippen LogP contribution < -0.4 is 0 Å². The molecule has 1 unspecified atom stereocenters. The first-order valence-electron chi connectivity index (χ1n) is 18.5. The van der Waals surface area contributed by atoms with Gasteiger partial charge in [0.15, 0.2) is 0 Å². The van der Waals surface area contributed by atoms with E-state index in [1.54, 1.807) is 13.1 Å². The minimum absolute atomic E-state index is 0.106. The van der Waals surface area contributed by atoms with Crippen molar-refractivity contribution in [3.05, 3.63) is 36.4 Å². The van der Waals surface area contributed by atoms with E-state index in [1.165, 1.54) is 58.4 Å². The van der Waals surface area contributed by atoms with Crippen LogP contribution in [-0.4, -0.2) is 105 Å². The number of likely N-dealkylation sites (tertiary alicyclic amines) is 2. The molecular formula is C36H59N7O5. The zero-order valence-corrected chi connectivity index (χ0v) is 29.6. The summed E-state index contributed by atoms with van der Waals surface area (Å²) in [6.07, 6.45) is 16.6. The van der Waals surface area contributed by atoms with Gasteiger partial charge in [-0.15, -0.1) is 0 Å². The zero-order valence-electron chi connectivity index (χ0n) is 29.6. The van der Waals surface area contributed by atoms with Gasteiger partial charge in [0.1, 0.15) is 17.8 Å². The summed E-state index contributed by atoms with van der Waals surface area (Å²) < 4.78 is 18.2. The van der Waals surface area contributed by atoms with E-state index in [0.29, 0.717) is 31.5 Å². The molecule has 1 aliphatic carbocycles. The number of hydrogen-bond acceptors (Lipinski definition) is 10. The molecule has 1 saturated carbocycles. The van der Waals surface area contributed by atoms with Crippen LogP contribution in [0.5, 0.6) is 0 Å². The molecule has 268 valence electrons. The molecular weight excluding hydrogens is 610 g/mol. The summed E-state index contributed by atoms with van der Waals surface area (Å²) in [5, 5.41) is 0. The van der Waals surface area contributed by atoms with E-state index < -0.39 is 18.4 Å². The molecule has 0 amide bonds. The molecule has 2 aliphatic heterocycles. The van der Waals surface area contributed by atoms with Gasteiger partial charge in [0.2, 0.25) is 6.29 Å². The summed E-state index contributed by atoms with van der Waals surface area (Å²) in [7, 11) is 0. The van der Waals surface area contributed by atoms with Gasteiger partial charge in [0, 0.05) is 57.8 Å². The standard InChI is InChI=1S/C36H59N7O5/c1-29(2)25-40-21-12-36(13-22-40)14-23-41(28-36)19-8-20-43-24-17-39-33(43)27-42(26-32-37-15-16-38-32)18-7-11-34(44)46-30(3)47-35(45)48-31-9-5-4-6-10-31/h15-17,24,29-31H,4-14,18-23,25-28H2,1-3H3,(H,37,38). The molecule has 12 heteroatoms. The van der Waals surface area contributed by atoms with E-state index in [2.05, 4.69) is 49.3 Å². The minimum Gasteiger partial charge on any atom is -0.431 e. The number of imidazole rings is 2. The van der Waals surface area contributed by atoms with Gasteiger partial charge in [-0.25, -0.2) is 14.8 Å². The largest absolute Gasteiger partial charge is 0.511 e. The molecule has 12 nitrogen and oxygen atoms in total. The number of carbonyl (C=O) groups is 2. The van der Waals surface area contributed by atoms with Crippen LogP contribution in [0, 0.1) is 11.3 Å². The highest BCUT2D eigenvalue weighted by Gasteiger charge is 2.40. The Morgan fingerprint density at radius 3 is 2.46 bits per heavy atom. The van der Waals surface area contributed by atoms with Crippen molar-refractivity contribution in [1.82, 2.24) is 34.2 Å². The molecule has 4 heterocycles. The molecule has 0 aromatic carbocycles. The van der Waals surface area contributed by atoms with Crippen molar-refractivity contribution < 1.29 is 23.8 Å². The first kappa shape index (κ1) is 36.3. The second-order valence-corrected chi connectivity index (χ2v) is 14.8. The van der Waals surface area contributed by atoms with Crippen molar-refractivity contribution in [2.24, 2.45) is 11.3 Å². The Morgan fingerprint density at radius 1 is 0.958 bits per heavy atom. The first-order chi connectivity index (χ1) is 23.2. The highest BCUT2D eigenvalue weighted by atomic mass is 16.8. The number of aromatic amines is 1. The van der Waals surface area contributed by atoms with Crippen LogP contribution in [0.25, 0.3) is 0 Å². The van der Waals surface area contributed by atoms with Gasteiger partial charge in [-0.3, -0.25) is 9.69 Å². The lowest BCUT2D eigenvalue weighted by molar-refractivity contribution is -0.169. The van der Waals surface area contributed by atoms with Crippen molar-refractivity contribution >= 4 is 12.1 Å². The van der Waals surface area contributed by atoms with Crippen molar-refractivity contribution in [1.29, 1.82) is 0 Å². The summed E-state index contributed by atoms with van der Waals surface area (Å²) in [6.45, 7) is 16.4. The maximum atomic E-state index is 12.6. The number of nitrogens with zero attached hydrogens (tertiary/aromatic N) is 6. The molecule has 2 aromatic rings. The summed E-state index contributed by atoms with van der Waals surface area (Å²) in [4.78, 5) is 44.6. The molecule has 1 N–H and O–H groups in total. The molecule has 2 saturated heterocycles. The fourth-order valence-electron chi connectivity index (χ4n) is 7.72. The van der Waals surface area contributed by atoms with Crippen LogP contribution in [-0.2, 0) is 38.6 Å². The Kier molecular flexibility index (Phi) is 13.7. The number of ether oxygens (including phenoxy) is 3. The Balaban J connectivity index is 1.03. The fraction of sp³-hybridized carbons (Fsp3) is 0.778. The molecule has 0 bridgehead atoms. The van der Waals surface area contributed by atoms with Gasteiger partial charge in [-0.05, 0) is 102 Å². The van der Waals surface area contributed by atoms with Crippen LogP contribution in [0.3, 0.4) is 0 Å². The monoisotopic (exact) mass is 669 g/mol. The maximum Gasteiger partial charge on any atom is 0.511 e. The molecule has 0 radical (unpaired) electrons. The minimum atomic E-state index is -0.992. The number of esters is 1. The Bertz CT molecular complexity index is 1240. The molecule has 5 rings (SSSR count). The second-order valence-electron chi connectivity index (χ2n) is 14.8. The molecule has 2 aromatic heterocycles. The second kappa shape index (κ2) is 18.2. The maximum absolute atomic E-state index is 12.6. The fourth-order valence-corrected chi connectivity index (χ4v) is 7.72. The predicted octanol–water partition coefficient (Wildman–Crippen LogP) is 5.60. The lowest BCUT2D eigenvalue weighted by Gasteiger charge is -2.40. The molecule has 1 atom stereocenters. The van der Waals surface area contributed by atoms with E-state index in [9.17, 15) is 9.59 Å². The summed E-state index contributed by atoms with van der Waals surface area (Å²) >= 11 is 0. The van der Waals surface area contributed by atoms with Gasteiger partial charge >= 0.3 is 12.1 Å². The van der Waals surface area contributed by atoms with Crippen molar-refractivity contribution in [3.63, 3.8) is 0 Å². The van der Waals surface area contributed by atoms with Gasteiger partial charge < -0.3 is 33.6 Å². The summed E-state index contributed by atoms with van der Waals surface area (Å²) in [5.74, 6) is 2.22. The third-order valence-corrected chi connectivity index (χ3v) is 10.3. The Hall–Kier alpha value is -2.96. The molecule has 1 spiro atoms. The van der Waals surface area contributed by atoms with Crippen molar-refractivity contribution in [3.8, 4) is 0 Å². The van der Waals surface area contributed by atoms with Crippen LogP contribution in [0.4, 0.5) is 4.79 Å². The quantitative estimate of drug-likeness (QED) is 0.169. The molecule has 3 fully saturated rings. The number of nitrogens with one attached hydrogen (secondary N) is 1. The number of carbonyl (C=O) groups excluding carboxylic acids is 2. The zero-order chi connectivity index (χ0) is 33.8. The van der Waals surface area contributed by atoms with Crippen LogP contribution in [0.2, 0.25) is 0 Å². The van der Waals surface area contributed by atoms with Gasteiger partial charge in [-0.1, -0.05) is 20.3 Å². The van der Waals surface area contributed by atoms with Crippen LogP contribution >= 0.6 is 0 Å². The number of H-pyrrole nitrogens is 1. The van der Waals surface area contributed by atoms with Gasteiger partial charge in [-0.2, -0.15) is 0 Å². The summed E-state index contributed by atoms with van der Waals surface area (Å²) in [5.41, 5.74) is 0.526. The molecule has 48 heavy (non-hydrogen) atoms. The van der Waals surface area contributed by atoms with Crippen LogP contribution in [0.1, 0.15) is 103 Å². The SMILES string of the molecule is CC(C)CN1CCC2(CC1)CCN(CCCn1ccnc1CN(CCCC(=O)OC(C)OC(=O)OC1CCCCC1)Cc1ncc[nH]1)C2. The van der Waals surface area contributed by atoms with Crippen molar-refractivity contribution in [2.75, 3.05) is 45.8 Å². The Morgan fingerprint density at radius 2 is 1.73 bits per heavy atom. The smallest absolute Gasteiger partial charge is 0.431 e. The van der Waals surface area contributed by atoms with E-state index >= 15 is 0 Å². The van der Waals surface area contributed by atoms with E-state index in [1.807, 2.05) is 12.4 Å². The highest BCUT2D eigenvalue weighted by molar-refractivity contribution is 5.69. The number of rotatable bonds is 17. The third-order valence-electron chi connectivity index (χ3n) is 10.3. The van der Waals surface area contributed by atoms with E-state index in [4.69, 9.17) is 19.2 Å². The Labute approximate surface area is 286 Å². The number of hydrogen-bond donors (Lipinski definition) is 1. The third kappa shape index (κ3) is 11.6. The lowest BCUT2D eigenvalue weighted by Crippen LogP contribution is -2.42.